The van der Waals surface area contributed by atoms with Crippen LogP contribution < -0.4 is 10.2 Å². The number of rotatable bonds is 5. The van der Waals surface area contributed by atoms with Crippen LogP contribution in [0.25, 0.3) is 6.08 Å². The van der Waals surface area contributed by atoms with Gasteiger partial charge in [0, 0.05) is 12.1 Å². The fourth-order valence-electron chi connectivity index (χ4n) is 3.50. The Hall–Kier alpha value is -4.66. The van der Waals surface area contributed by atoms with E-state index in [2.05, 4.69) is 5.32 Å². The van der Waals surface area contributed by atoms with Gasteiger partial charge in [-0.05, 0) is 47.4 Å². The van der Waals surface area contributed by atoms with E-state index >= 15 is 0 Å². The Morgan fingerprint density at radius 2 is 1.73 bits per heavy atom. The van der Waals surface area contributed by atoms with Gasteiger partial charge in [0.1, 0.15) is 11.4 Å². The molecule has 1 saturated heterocycles. The highest BCUT2D eigenvalue weighted by Crippen LogP contribution is 2.26. The van der Waals surface area contributed by atoms with Crippen LogP contribution in [0.1, 0.15) is 16.7 Å². The number of carbonyl (C=O) groups excluding carboxylic acids is 3. The van der Waals surface area contributed by atoms with Gasteiger partial charge in [-0.2, -0.15) is 0 Å². The van der Waals surface area contributed by atoms with E-state index in [0.717, 1.165) is 11.6 Å². The van der Waals surface area contributed by atoms with E-state index in [-0.39, 0.29) is 22.8 Å². The second-order valence-corrected chi connectivity index (χ2v) is 7.24. The molecule has 1 aliphatic rings. The Kier molecular flexibility index (Phi) is 5.77. The predicted octanol–water partition coefficient (Wildman–Crippen LogP) is 3.99. The summed E-state index contributed by atoms with van der Waals surface area (Å²) in [7, 11) is 0. The van der Waals surface area contributed by atoms with Crippen LogP contribution >= 0.6 is 0 Å². The molecule has 3 aromatic carbocycles. The number of non-ortho nitro benzene ring substituents is 1. The normalized spacial score (nSPS) is 15.0. The van der Waals surface area contributed by atoms with Gasteiger partial charge >= 0.3 is 6.03 Å². The van der Waals surface area contributed by atoms with Crippen molar-refractivity contribution in [2.45, 2.75) is 6.42 Å². The van der Waals surface area contributed by atoms with Gasteiger partial charge < -0.3 is 0 Å². The van der Waals surface area contributed by atoms with Gasteiger partial charge in [0.05, 0.1) is 10.6 Å². The molecular formula is C24H16FN3O5. The first kappa shape index (κ1) is 21.6. The molecule has 9 heteroatoms. The molecule has 8 nitrogen and oxygen atoms in total. The quantitative estimate of drug-likeness (QED) is 0.276. The lowest BCUT2D eigenvalue weighted by Crippen LogP contribution is -2.54. The molecule has 0 spiro atoms. The minimum absolute atomic E-state index is 0.0434. The summed E-state index contributed by atoms with van der Waals surface area (Å²) in [5.74, 6) is -2.17. The number of urea groups is 1. The zero-order valence-corrected chi connectivity index (χ0v) is 17.0. The molecule has 4 amide bonds. The number of nitrogens with zero attached hydrogens (tertiary/aromatic N) is 2. The van der Waals surface area contributed by atoms with Crippen LogP contribution in [0.3, 0.4) is 0 Å². The monoisotopic (exact) mass is 445 g/mol. The van der Waals surface area contributed by atoms with Gasteiger partial charge in [-0.1, -0.05) is 42.5 Å². The van der Waals surface area contributed by atoms with E-state index in [0.29, 0.717) is 22.4 Å². The highest BCUT2D eigenvalue weighted by atomic mass is 19.1. The van der Waals surface area contributed by atoms with Crippen molar-refractivity contribution in [3.8, 4) is 0 Å². The molecule has 0 radical (unpaired) electrons. The fourth-order valence-corrected chi connectivity index (χ4v) is 3.50. The molecule has 0 aliphatic carbocycles. The number of nitrogens with one attached hydrogen (secondary N) is 1. The second-order valence-electron chi connectivity index (χ2n) is 7.24. The molecule has 0 unspecified atom stereocenters. The number of amides is 4. The van der Waals surface area contributed by atoms with Gasteiger partial charge in [0.25, 0.3) is 17.5 Å². The lowest BCUT2D eigenvalue weighted by atomic mass is 9.97. The average molecular weight is 445 g/mol. The van der Waals surface area contributed by atoms with E-state index in [4.69, 9.17) is 0 Å². The van der Waals surface area contributed by atoms with Crippen molar-refractivity contribution >= 4 is 35.3 Å². The van der Waals surface area contributed by atoms with Crippen molar-refractivity contribution in [3.63, 3.8) is 0 Å². The number of carbonyl (C=O) groups is 3. The van der Waals surface area contributed by atoms with Crippen molar-refractivity contribution in [1.82, 2.24) is 5.32 Å². The average Bonchev–Trinajstić information content (AvgIpc) is 2.78. The molecule has 1 fully saturated rings. The van der Waals surface area contributed by atoms with E-state index in [1.807, 2.05) is 0 Å². The molecule has 1 N–H and O–H groups in total. The van der Waals surface area contributed by atoms with E-state index < -0.39 is 22.8 Å². The standard InChI is InChI=1S/C24H16FN3O5/c25-18-8-3-5-15(12-18)11-16-6-1-2-7-17(16)13-21-22(29)26-24(31)27(23(21)30)19-9-4-10-20(14-19)28(32)33/h1-10,12-14H,11H2,(H,26,29,31)/b21-13+. The lowest BCUT2D eigenvalue weighted by Gasteiger charge is -2.26. The van der Waals surface area contributed by atoms with Gasteiger partial charge in [-0.25, -0.2) is 14.1 Å². The van der Waals surface area contributed by atoms with Crippen molar-refractivity contribution in [2.75, 3.05) is 4.90 Å². The third kappa shape index (κ3) is 4.52. The number of hydrogen-bond acceptors (Lipinski definition) is 5. The number of barbiturate groups is 1. The SMILES string of the molecule is O=C1NC(=O)N(c2cccc([N+](=O)[O-])c2)C(=O)/C1=C/c1ccccc1Cc1cccc(F)c1. The van der Waals surface area contributed by atoms with Crippen molar-refractivity contribution < 1.29 is 23.7 Å². The second kappa shape index (κ2) is 8.83. The van der Waals surface area contributed by atoms with Gasteiger partial charge in [-0.15, -0.1) is 0 Å². The first-order valence-electron chi connectivity index (χ1n) is 9.82. The van der Waals surface area contributed by atoms with E-state index in [1.165, 1.54) is 36.4 Å². The summed E-state index contributed by atoms with van der Waals surface area (Å²) in [5, 5.41) is 13.2. The minimum Gasteiger partial charge on any atom is -0.273 e. The van der Waals surface area contributed by atoms with Crippen molar-refractivity contribution in [3.05, 3.63) is 111 Å². The third-order valence-electron chi connectivity index (χ3n) is 5.04. The van der Waals surface area contributed by atoms with Crippen LogP contribution in [0.5, 0.6) is 0 Å². The maximum atomic E-state index is 13.6. The highest BCUT2D eigenvalue weighted by molar-refractivity contribution is 6.39. The van der Waals surface area contributed by atoms with E-state index in [9.17, 15) is 28.9 Å². The number of halogens is 1. The maximum absolute atomic E-state index is 13.6. The maximum Gasteiger partial charge on any atom is 0.335 e. The summed E-state index contributed by atoms with van der Waals surface area (Å²) in [6.45, 7) is 0. The zero-order chi connectivity index (χ0) is 23.5. The number of benzene rings is 3. The number of hydrogen-bond donors (Lipinski definition) is 1. The van der Waals surface area contributed by atoms with Crippen molar-refractivity contribution in [1.29, 1.82) is 0 Å². The summed E-state index contributed by atoms with van der Waals surface area (Å²) < 4.78 is 13.6. The lowest BCUT2D eigenvalue weighted by molar-refractivity contribution is -0.384. The van der Waals surface area contributed by atoms with Crippen LogP contribution in [-0.4, -0.2) is 22.8 Å². The molecule has 4 rings (SSSR count). The van der Waals surface area contributed by atoms with Gasteiger partial charge in [0.2, 0.25) is 0 Å². The molecule has 0 saturated carbocycles. The first-order valence-corrected chi connectivity index (χ1v) is 9.82. The van der Waals surface area contributed by atoms with Crippen LogP contribution in [0, 0.1) is 15.9 Å². The number of nitro benzene ring substituents is 1. The van der Waals surface area contributed by atoms with Crippen molar-refractivity contribution in [2.24, 2.45) is 0 Å². The Bertz CT molecular complexity index is 1330. The topological polar surface area (TPSA) is 110 Å². The molecule has 0 bridgehead atoms. The summed E-state index contributed by atoms with van der Waals surface area (Å²) in [6.07, 6.45) is 1.70. The zero-order valence-electron chi connectivity index (χ0n) is 17.0. The molecule has 3 aromatic rings. The Morgan fingerprint density at radius 3 is 2.48 bits per heavy atom. The Morgan fingerprint density at radius 1 is 0.970 bits per heavy atom. The highest BCUT2D eigenvalue weighted by Gasteiger charge is 2.37. The largest absolute Gasteiger partial charge is 0.335 e. The molecule has 0 atom stereocenters. The smallest absolute Gasteiger partial charge is 0.273 e. The van der Waals surface area contributed by atoms with Gasteiger partial charge in [-0.3, -0.25) is 25.0 Å². The molecule has 0 aromatic heterocycles. The molecule has 1 aliphatic heterocycles. The summed E-state index contributed by atoms with van der Waals surface area (Å²) in [6, 6.07) is 17.0. The number of nitro groups is 1. The van der Waals surface area contributed by atoms with Crippen LogP contribution in [-0.2, 0) is 16.0 Å². The number of imide groups is 2. The summed E-state index contributed by atoms with van der Waals surface area (Å²) in [5.41, 5.74) is 1.30. The first-order chi connectivity index (χ1) is 15.8. The number of anilines is 1. The Labute approximate surface area is 187 Å². The minimum atomic E-state index is -1.00. The van der Waals surface area contributed by atoms with Gasteiger partial charge in [0.15, 0.2) is 0 Å². The van der Waals surface area contributed by atoms with Crippen LogP contribution in [0.2, 0.25) is 0 Å². The molecule has 1 heterocycles. The summed E-state index contributed by atoms with van der Waals surface area (Å²) >= 11 is 0. The van der Waals surface area contributed by atoms with Crippen LogP contribution in [0.15, 0.2) is 78.4 Å². The molecule has 164 valence electrons. The molecule has 33 heavy (non-hydrogen) atoms. The third-order valence-corrected chi connectivity index (χ3v) is 5.04. The summed E-state index contributed by atoms with van der Waals surface area (Å²) in [4.78, 5) is 49.1. The predicted molar refractivity (Wildman–Crippen MR) is 118 cm³/mol. The fraction of sp³-hybridized carbons (Fsp3) is 0.0417. The van der Waals surface area contributed by atoms with Crippen LogP contribution in [0.4, 0.5) is 20.6 Å². The van der Waals surface area contributed by atoms with E-state index in [1.54, 1.807) is 36.4 Å². The Balaban J connectivity index is 1.72. The molecular weight excluding hydrogens is 429 g/mol.